The maximum Gasteiger partial charge on any atom is 0.306 e. The van der Waals surface area contributed by atoms with Gasteiger partial charge in [0.05, 0.1) is 0 Å². The number of rotatable bonds is 54. The van der Waals surface area contributed by atoms with Crippen LogP contribution < -0.4 is 0 Å². The molecule has 392 valence electrons. The van der Waals surface area contributed by atoms with Gasteiger partial charge in [-0.05, 0) is 70.6 Å². The number of carbonyl (C=O) groups is 3. The van der Waals surface area contributed by atoms with Crippen LogP contribution in [-0.2, 0) is 28.6 Å². The summed E-state index contributed by atoms with van der Waals surface area (Å²) in [6, 6.07) is 0. The zero-order valence-corrected chi connectivity index (χ0v) is 44.9. The number of carbonyl (C=O) groups excluding carboxylic acids is 3. The molecule has 0 aromatic carbocycles. The summed E-state index contributed by atoms with van der Waals surface area (Å²) in [7, 11) is 0. The fraction of sp³-hybridized carbons (Fsp3) is 0.852. The molecule has 0 heterocycles. The first kappa shape index (κ1) is 64.6. The van der Waals surface area contributed by atoms with Crippen LogP contribution in [0, 0.1) is 0 Å². The van der Waals surface area contributed by atoms with E-state index in [0.29, 0.717) is 19.3 Å². The molecular formula is C61H112O6. The lowest BCUT2D eigenvalue weighted by Gasteiger charge is -2.18. The molecule has 0 spiro atoms. The fourth-order valence-electron chi connectivity index (χ4n) is 8.71. The van der Waals surface area contributed by atoms with Gasteiger partial charge in [0.25, 0.3) is 0 Å². The van der Waals surface area contributed by atoms with Crippen LogP contribution in [0.2, 0.25) is 0 Å². The maximum absolute atomic E-state index is 12.9. The monoisotopic (exact) mass is 941 g/mol. The Morgan fingerprint density at radius 2 is 0.582 bits per heavy atom. The highest BCUT2D eigenvalue weighted by Gasteiger charge is 2.19. The summed E-state index contributed by atoms with van der Waals surface area (Å²) in [5, 5.41) is 0. The van der Waals surface area contributed by atoms with Gasteiger partial charge in [-0.1, -0.05) is 263 Å². The summed E-state index contributed by atoms with van der Waals surface area (Å²) < 4.78 is 16.9. The average molecular weight is 942 g/mol. The molecule has 0 fully saturated rings. The van der Waals surface area contributed by atoms with E-state index < -0.39 is 6.10 Å². The van der Waals surface area contributed by atoms with E-state index in [9.17, 15) is 14.4 Å². The number of hydrogen-bond acceptors (Lipinski definition) is 6. The van der Waals surface area contributed by atoms with Crippen LogP contribution in [0.5, 0.6) is 0 Å². The highest BCUT2D eigenvalue weighted by molar-refractivity contribution is 5.71. The van der Waals surface area contributed by atoms with Crippen molar-refractivity contribution in [1.82, 2.24) is 0 Å². The summed E-state index contributed by atoms with van der Waals surface area (Å²) in [6.07, 6.45) is 67.1. The van der Waals surface area contributed by atoms with Crippen molar-refractivity contribution in [3.05, 3.63) is 36.5 Å². The smallest absolute Gasteiger partial charge is 0.306 e. The largest absolute Gasteiger partial charge is 0.462 e. The van der Waals surface area contributed by atoms with Gasteiger partial charge >= 0.3 is 17.9 Å². The third-order valence-electron chi connectivity index (χ3n) is 13.1. The fourth-order valence-corrected chi connectivity index (χ4v) is 8.71. The SMILES string of the molecule is CC/C=C\C/C=C\CCCCCCCCCC(=O)OCC(COC(=O)CCCCCCCCC/C=C\CCCCCCCCCC)OC(=O)CCCCCCCCCCCCCCCCCC. The first-order chi connectivity index (χ1) is 33.0. The molecule has 6 nitrogen and oxygen atoms in total. The third-order valence-corrected chi connectivity index (χ3v) is 13.1. The van der Waals surface area contributed by atoms with Crippen LogP contribution in [0.4, 0.5) is 0 Å². The molecule has 0 bridgehead atoms. The highest BCUT2D eigenvalue weighted by atomic mass is 16.6. The summed E-state index contributed by atoms with van der Waals surface area (Å²) in [4.78, 5) is 38.2. The molecule has 0 N–H and O–H groups in total. The molecular weight excluding hydrogens is 829 g/mol. The lowest BCUT2D eigenvalue weighted by molar-refractivity contribution is -0.167. The van der Waals surface area contributed by atoms with E-state index >= 15 is 0 Å². The van der Waals surface area contributed by atoms with Crippen molar-refractivity contribution in [2.45, 2.75) is 322 Å². The molecule has 0 saturated heterocycles. The number of hydrogen-bond donors (Lipinski definition) is 0. The Hall–Kier alpha value is -2.37. The molecule has 67 heavy (non-hydrogen) atoms. The van der Waals surface area contributed by atoms with E-state index in [2.05, 4.69) is 57.2 Å². The van der Waals surface area contributed by atoms with E-state index in [1.54, 1.807) is 0 Å². The quantitative estimate of drug-likeness (QED) is 0.0262. The van der Waals surface area contributed by atoms with Gasteiger partial charge in [0.1, 0.15) is 13.2 Å². The van der Waals surface area contributed by atoms with Gasteiger partial charge in [0.2, 0.25) is 0 Å². The Bertz CT molecular complexity index is 1130. The number of ether oxygens (including phenoxy) is 3. The van der Waals surface area contributed by atoms with E-state index in [0.717, 1.165) is 77.0 Å². The van der Waals surface area contributed by atoms with Gasteiger partial charge in [0, 0.05) is 19.3 Å². The van der Waals surface area contributed by atoms with Gasteiger partial charge in [-0.25, -0.2) is 0 Å². The van der Waals surface area contributed by atoms with E-state index in [1.165, 1.54) is 199 Å². The molecule has 6 heteroatoms. The third kappa shape index (κ3) is 54.4. The summed E-state index contributed by atoms with van der Waals surface area (Å²) >= 11 is 0. The predicted octanol–water partition coefficient (Wildman–Crippen LogP) is 19.7. The van der Waals surface area contributed by atoms with E-state index in [1.807, 2.05) is 0 Å². The lowest BCUT2D eigenvalue weighted by atomic mass is 10.0. The number of unbranched alkanes of at least 4 members (excludes halogenated alkanes) is 37. The van der Waals surface area contributed by atoms with Crippen LogP contribution in [0.25, 0.3) is 0 Å². The molecule has 0 rings (SSSR count). The second-order valence-electron chi connectivity index (χ2n) is 19.9. The second kappa shape index (κ2) is 56.2. The average Bonchev–Trinajstić information content (AvgIpc) is 3.33. The molecule has 0 amide bonds. The van der Waals surface area contributed by atoms with Crippen LogP contribution in [-0.4, -0.2) is 37.2 Å². The molecule has 0 aliphatic carbocycles. The van der Waals surface area contributed by atoms with E-state index in [4.69, 9.17) is 14.2 Å². The van der Waals surface area contributed by atoms with Crippen molar-refractivity contribution in [2.24, 2.45) is 0 Å². The zero-order chi connectivity index (χ0) is 48.6. The minimum absolute atomic E-state index is 0.0733. The van der Waals surface area contributed by atoms with Gasteiger partial charge in [-0.2, -0.15) is 0 Å². The zero-order valence-electron chi connectivity index (χ0n) is 44.9. The van der Waals surface area contributed by atoms with Gasteiger partial charge < -0.3 is 14.2 Å². The molecule has 0 saturated carbocycles. The van der Waals surface area contributed by atoms with Crippen molar-refractivity contribution in [3.63, 3.8) is 0 Å². The van der Waals surface area contributed by atoms with Crippen LogP contribution in [0.15, 0.2) is 36.5 Å². The Balaban J connectivity index is 4.33. The summed E-state index contributed by atoms with van der Waals surface area (Å²) in [5.41, 5.74) is 0. The van der Waals surface area contributed by atoms with Crippen molar-refractivity contribution in [3.8, 4) is 0 Å². The topological polar surface area (TPSA) is 78.9 Å². The Kier molecular flexibility index (Phi) is 54.2. The van der Waals surface area contributed by atoms with Crippen molar-refractivity contribution >= 4 is 17.9 Å². The normalized spacial score (nSPS) is 12.2. The van der Waals surface area contributed by atoms with Crippen LogP contribution >= 0.6 is 0 Å². The number of allylic oxidation sites excluding steroid dienone is 6. The molecule has 0 radical (unpaired) electrons. The van der Waals surface area contributed by atoms with Crippen molar-refractivity contribution in [1.29, 1.82) is 0 Å². The Morgan fingerprint density at radius 3 is 0.910 bits per heavy atom. The molecule has 0 aromatic rings. The molecule has 1 unspecified atom stereocenters. The van der Waals surface area contributed by atoms with Crippen molar-refractivity contribution < 1.29 is 28.6 Å². The standard InChI is InChI=1S/C61H112O6/c1-4-7-10-13-16-19-22-25-28-30-31-32-34-36-39-42-45-48-51-54-60(63)66-57-58(56-65-59(62)53-50-47-44-41-38-35-27-24-21-18-15-12-9-6-3)67-61(64)55-52-49-46-43-40-37-33-29-26-23-20-17-14-11-8-5-2/h9,12,18,21,30-31,58H,4-8,10-11,13-17,19-20,22-29,32-57H2,1-3H3/b12-9-,21-18-,31-30-. The Morgan fingerprint density at radius 1 is 0.313 bits per heavy atom. The summed E-state index contributed by atoms with van der Waals surface area (Å²) in [6.45, 7) is 6.57. The Labute approximate surface area is 416 Å². The lowest BCUT2D eigenvalue weighted by Crippen LogP contribution is -2.30. The van der Waals surface area contributed by atoms with Gasteiger partial charge in [-0.15, -0.1) is 0 Å². The molecule has 0 aromatic heterocycles. The maximum atomic E-state index is 12.9. The predicted molar refractivity (Wildman–Crippen MR) is 289 cm³/mol. The molecule has 1 atom stereocenters. The first-order valence-electron chi connectivity index (χ1n) is 29.5. The second-order valence-corrected chi connectivity index (χ2v) is 19.9. The summed E-state index contributed by atoms with van der Waals surface area (Å²) in [5.74, 6) is -0.867. The number of esters is 3. The molecule has 0 aliphatic rings. The van der Waals surface area contributed by atoms with Gasteiger partial charge in [-0.3, -0.25) is 14.4 Å². The minimum atomic E-state index is -0.774. The van der Waals surface area contributed by atoms with Crippen LogP contribution in [0.1, 0.15) is 316 Å². The minimum Gasteiger partial charge on any atom is -0.462 e. The highest BCUT2D eigenvalue weighted by Crippen LogP contribution is 2.17. The molecule has 0 aliphatic heterocycles. The van der Waals surface area contributed by atoms with Crippen molar-refractivity contribution in [2.75, 3.05) is 13.2 Å². The van der Waals surface area contributed by atoms with Gasteiger partial charge in [0.15, 0.2) is 6.10 Å². The first-order valence-corrected chi connectivity index (χ1v) is 29.5. The van der Waals surface area contributed by atoms with Crippen LogP contribution in [0.3, 0.4) is 0 Å². The van der Waals surface area contributed by atoms with E-state index in [-0.39, 0.29) is 31.1 Å².